The van der Waals surface area contributed by atoms with Crippen LogP contribution in [0.15, 0.2) is 60.3 Å². The summed E-state index contributed by atoms with van der Waals surface area (Å²) in [5.74, 6) is -0.642. The zero-order valence-corrected chi connectivity index (χ0v) is 32.6. The fourth-order valence-corrected chi connectivity index (χ4v) is 8.39. The third-order valence-corrected chi connectivity index (χ3v) is 11.1. The van der Waals surface area contributed by atoms with E-state index in [1.54, 1.807) is 59.2 Å². The topological polar surface area (TPSA) is 200 Å². The number of nitrogens with zero attached hydrogens (tertiary/aromatic N) is 2. The van der Waals surface area contributed by atoms with Gasteiger partial charge in [0, 0.05) is 54.8 Å². The molecule has 1 fully saturated rings. The van der Waals surface area contributed by atoms with Crippen molar-refractivity contribution in [1.29, 1.82) is 0 Å². The van der Waals surface area contributed by atoms with E-state index >= 15 is 0 Å². The number of amides is 4. The van der Waals surface area contributed by atoms with Gasteiger partial charge in [-0.25, -0.2) is 30.9 Å². The number of allylic oxidation sites excluding steroid dienone is 4. The molecule has 2 aromatic carbocycles. The van der Waals surface area contributed by atoms with E-state index in [2.05, 4.69) is 21.3 Å². The van der Waals surface area contributed by atoms with E-state index in [9.17, 15) is 35.5 Å². The number of hydrogen-bond acceptors (Lipinski definition) is 8. The van der Waals surface area contributed by atoms with E-state index in [0.29, 0.717) is 34.2 Å². The van der Waals surface area contributed by atoms with Crippen LogP contribution < -0.4 is 77.1 Å². The van der Waals surface area contributed by atoms with Crippen molar-refractivity contribution in [2.45, 2.75) is 43.9 Å². The molecule has 3 aliphatic heterocycles. The van der Waals surface area contributed by atoms with Crippen LogP contribution in [0, 0.1) is 0 Å². The summed E-state index contributed by atoms with van der Waals surface area (Å²) >= 11 is 0. The summed E-state index contributed by atoms with van der Waals surface area (Å²) in [6, 6.07) is 9.58. The van der Waals surface area contributed by atoms with Gasteiger partial charge in [0.2, 0.25) is 11.1 Å². The Balaban J connectivity index is 0.00000520. The van der Waals surface area contributed by atoms with E-state index in [0.717, 1.165) is 11.1 Å². The fraction of sp³-hybridized carbons (Fsp3) is 0.387. The summed E-state index contributed by atoms with van der Waals surface area (Å²) in [6.45, 7) is 7.65. The summed E-state index contributed by atoms with van der Waals surface area (Å²) in [6.07, 6.45) is 5.31. The number of carbonyl (C=O) groups excluding carboxylic acids is 2. The van der Waals surface area contributed by atoms with Crippen LogP contribution in [-0.4, -0.2) is 86.6 Å². The average molecular weight is 726 g/mol. The van der Waals surface area contributed by atoms with E-state index in [1.807, 2.05) is 27.7 Å². The maximum atomic E-state index is 12.4. The van der Waals surface area contributed by atoms with Crippen LogP contribution in [0.2, 0.25) is 0 Å². The molecular weight excluding hydrogens is 688 g/mol. The van der Waals surface area contributed by atoms with Gasteiger partial charge in [-0.1, -0.05) is 6.08 Å². The van der Waals surface area contributed by atoms with E-state index in [4.69, 9.17) is 0 Å². The van der Waals surface area contributed by atoms with Crippen molar-refractivity contribution in [3.05, 3.63) is 71.5 Å². The summed E-state index contributed by atoms with van der Waals surface area (Å²) in [4.78, 5) is 24.0. The van der Waals surface area contributed by atoms with Gasteiger partial charge in [-0.05, 0) is 58.0 Å². The summed E-state index contributed by atoms with van der Waals surface area (Å²) in [7, 11) is -6.24. The molecule has 2 atom stereocenters. The Kier molecular flexibility index (Phi) is 10.7. The Labute approximate surface area is 323 Å². The molecule has 0 aromatic heterocycles. The molecule has 0 aliphatic carbocycles. The Morgan fingerprint density at radius 1 is 0.917 bits per heavy atom. The number of carbonyl (C=O) groups is 2. The first-order chi connectivity index (χ1) is 21.8. The molecule has 0 bridgehead atoms. The predicted molar refractivity (Wildman–Crippen MR) is 177 cm³/mol. The van der Waals surface area contributed by atoms with Crippen LogP contribution in [0.3, 0.4) is 0 Å². The Bertz CT molecular complexity index is 2010. The number of hydrogen-bond donors (Lipinski definition) is 4. The van der Waals surface area contributed by atoms with Gasteiger partial charge in [0.25, 0.3) is 0 Å². The number of anilines is 2. The first-order valence-corrected chi connectivity index (χ1v) is 17.9. The van der Waals surface area contributed by atoms with Gasteiger partial charge in [-0.15, -0.1) is 0 Å². The van der Waals surface area contributed by atoms with Crippen molar-refractivity contribution >= 4 is 60.8 Å². The van der Waals surface area contributed by atoms with Crippen LogP contribution in [0.4, 0.5) is 32.3 Å². The van der Waals surface area contributed by atoms with Crippen molar-refractivity contribution in [1.82, 2.24) is 15.1 Å². The van der Waals surface area contributed by atoms with Crippen molar-refractivity contribution in [2.75, 3.05) is 43.6 Å². The number of rotatable bonds is 8. The standard InChI is InChI=1S/C31H38N6O8S2.K/c1-30(2)21-16-19(34-28(38)32-5)10-12-23(21)36(14-15-46(40,41)42)25(30)8-7-9-26-31(3,4)22-17-20(35-29(39)33-6)11-13-24(22)37(26)18-27(37)47(43,44)45;/h7-13,16-17,27H,14-15,18H2,1-6H3,(H4-2,32,33,34,35,38,39,40,41,42,43,44,45);/q;+1/b8-7?,26-9+;. The smallest absolute Gasteiger partial charge is 0.748 e. The second-order valence-corrected chi connectivity index (χ2v) is 15.9. The second kappa shape index (κ2) is 13.3. The summed E-state index contributed by atoms with van der Waals surface area (Å²) in [5, 5.41) is 9.25. The average Bonchev–Trinajstić information content (AvgIpc) is 3.66. The van der Waals surface area contributed by atoms with Gasteiger partial charge in [0.15, 0.2) is 28.9 Å². The number of nitrogens with one attached hydrogen (secondary N) is 4. The zero-order chi connectivity index (χ0) is 34.7. The second-order valence-electron chi connectivity index (χ2n) is 12.8. The maximum Gasteiger partial charge on any atom is 1.00 e. The predicted octanol–water partition coefficient (Wildman–Crippen LogP) is -0.262. The van der Waals surface area contributed by atoms with Crippen LogP contribution in [0.25, 0.3) is 0 Å². The van der Waals surface area contributed by atoms with E-state index < -0.39 is 54.3 Å². The minimum atomic E-state index is -4.68. The van der Waals surface area contributed by atoms with Crippen molar-refractivity contribution in [3.63, 3.8) is 0 Å². The fourth-order valence-electron chi connectivity index (χ4n) is 6.90. The van der Waals surface area contributed by atoms with E-state index in [1.165, 1.54) is 14.1 Å². The number of urea groups is 2. The van der Waals surface area contributed by atoms with Gasteiger partial charge in [-0.3, -0.25) is 0 Å². The molecule has 2 unspecified atom stereocenters. The number of quaternary nitrogens is 1. The molecule has 17 heteroatoms. The first kappa shape index (κ1) is 38.3. The van der Waals surface area contributed by atoms with Gasteiger partial charge in [-0.2, -0.15) is 4.58 Å². The largest absolute Gasteiger partial charge is 1.00 e. The molecule has 1 saturated heterocycles. The molecule has 3 heterocycles. The molecule has 2 aromatic rings. The van der Waals surface area contributed by atoms with Crippen molar-refractivity contribution in [3.8, 4) is 0 Å². The quantitative estimate of drug-likeness (QED) is 0.0938. The molecule has 1 spiro atoms. The number of fused-ring (bicyclic) bond motifs is 3. The van der Waals surface area contributed by atoms with E-state index in [-0.39, 0.29) is 69.0 Å². The number of benzene rings is 2. The van der Waals surface area contributed by atoms with Crippen molar-refractivity contribution < 1.29 is 91.5 Å². The molecule has 4 N–H and O–H groups in total. The SMILES string of the molecule is CNC(=O)Nc1ccc2c(c1)C(C)(C)C(C=C/C=C1\C(C)(C)c3cc(NC(=O)NC)ccc3[N+]13CC3S(=O)(=O)[O-])=[N+]2CCS(=O)(=O)[O-].[K+]. The Hall–Kier alpha value is -2.45. The third kappa shape index (κ3) is 6.94. The monoisotopic (exact) mass is 725 g/mol. The minimum Gasteiger partial charge on any atom is -0.748 e. The molecule has 0 radical (unpaired) electrons. The molecule has 14 nitrogen and oxygen atoms in total. The van der Waals surface area contributed by atoms with Gasteiger partial charge in [0.05, 0.1) is 16.6 Å². The molecular formula is C31H38KN6O8S2+. The first-order valence-electron chi connectivity index (χ1n) is 14.8. The molecule has 3 aliphatic rings. The molecule has 4 amide bonds. The normalized spacial score (nSPS) is 22.7. The Morgan fingerprint density at radius 3 is 2.00 bits per heavy atom. The Morgan fingerprint density at radius 2 is 1.48 bits per heavy atom. The van der Waals surface area contributed by atoms with Crippen LogP contribution >= 0.6 is 0 Å². The molecule has 5 rings (SSSR count). The van der Waals surface area contributed by atoms with Crippen molar-refractivity contribution in [2.24, 2.45) is 0 Å². The van der Waals surface area contributed by atoms with Gasteiger partial charge >= 0.3 is 63.4 Å². The maximum absolute atomic E-state index is 12.4. The molecule has 0 saturated carbocycles. The zero-order valence-electron chi connectivity index (χ0n) is 27.9. The summed E-state index contributed by atoms with van der Waals surface area (Å²) in [5.41, 5.74) is 3.76. The van der Waals surface area contributed by atoms with Crippen LogP contribution in [0.5, 0.6) is 0 Å². The van der Waals surface area contributed by atoms with Crippen LogP contribution in [0.1, 0.15) is 38.8 Å². The van der Waals surface area contributed by atoms with Gasteiger partial charge in [0.1, 0.15) is 21.5 Å². The van der Waals surface area contributed by atoms with Gasteiger partial charge < -0.3 is 30.4 Å². The molecule has 48 heavy (non-hydrogen) atoms. The van der Waals surface area contributed by atoms with Crippen LogP contribution in [-0.2, 0) is 31.1 Å². The summed E-state index contributed by atoms with van der Waals surface area (Å²) < 4.78 is 73.7. The molecule has 252 valence electrons. The third-order valence-electron chi connectivity index (χ3n) is 9.24. The minimum absolute atomic E-state index is 0.